The fourth-order valence-electron chi connectivity index (χ4n) is 1.47. The molecule has 0 unspecified atom stereocenters. The van der Waals surface area contributed by atoms with Crippen LogP contribution in [-0.2, 0) is 9.84 Å². The molecule has 5 nitrogen and oxygen atoms in total. The standard InChI is InChI=1S/C11H10N2O3S/c1-17(15,16)9-7-10(14)12-13-11(9)8-5-3-2-4-6-8/h2-7H,1H3,(H,12,14). The van der Waals surface area contributed by atoms with E-state index in [9.17, 15) is 13.2 Å². The number of nitrogens with zero attached hydrogens (tertiary/aromatic N) is 1. The Morgan fingerprint density at radius 1 is 1.18 bits per heavy atom. The van der Waals surface area contributed by atoms with E-state index in [0.29, 0.717) is 5.56 Å². The van der Waals surface area contributed by atoms with E-state index in [1.165, 1.54) is 0 Å². The van der Waals surface area contributed by atoms with Gasteiger partial charge >= 0.3 is 0 Å². The molecular formula is C11H10N2O3S. The summed E-state index contributed by atoms with van der Waals surface area (Å²) in [5.41, 5.74) is 0.363. The summed E-state index contributed by atoms with van der Waals surface area (Å²) < 4.78 is 23.2. The molecule has 0 aliphatic carbocycles. The van der Waals surface area contributed by atoms with Crippen LogP contribution in [-0.4, -0.2) is 24.9 Å². The van der Waals surface area contributed by atoms with Crippen molar-refractivity contribution in [3.8, 4) is 11.3 Å². The van der Waals surface area contributed by atoms with Crippen LogP contribution >= 0.6 is 0 Å². The van der Waals surface area contributed by atoms with E-state index < -0.39 is 15.4 Å². The van der Waals surface area contributed by atoms with E-state index >= 15 is 0 Å². The summed E-state index contributed by atoms with van der Waals surface area (Å²) in [6.07, 6.45) is 1.05. The number of benzene rings is 1. The number of nitrogens with one attached hydrogen (secondary N) is 1. The maximum Gasteiger partial charge on any atom is 0.265 e. The van der Waals surface area contributed by atoms with Crippen LogP contribution < -0.4 is 5.56 Å². The third-order valence-corrected chi connectivity index (χ3v) is 3.33. The van der Waals surface area contributed by atoms with Crippen LogP contribution in [0.1, 0.15) is 0 Å². The van der Waals surface area contributed by atoms with Gasteiger partial charge in [0.25, 0.3) is 5.56 Å². The van der Waals surface area contributed by atoms with Crippen LogP contribution in [0.4, 0.5) is 0 Å². The predicted octanol–water partition coefficient (Wildman–Crippen LogP) is 0.840. The highest BCUT2D eigenvalue weighted by Gasteiger charge is 2.16. The molecule has 1 aromatic carbocycles. The van der Waals surface area contributed by atoms with Gasteiger partial charge in [0, 0.05) is 17.9 Å². The van der Waals surface area contributed by atoms with Gasteiger partial charge in [-0.2, -0.15) is 5.10 Å². The fraction of sp³-hybridized carbons (Fsp3) is 0.0909. The van der Waals surface area contributed by atoms with Gasteiger partial charge in [-0.25, -0.2) is 13.5 Å². The number of sulfone groups is 1. The maximum atomic E-state index is 11.6. The van der Waals surface area contributed by atoms with Crippen molar-refractivity contribution in [2.24, 2.45) is 0 Å². The number of hydrogen-bond acceptors (Lipinski definition) is 4. The van der Waals surface area contributed by atoms with E-state index in [4.69, 9.17) is 0 Å². The first kappa shape index (κ1) is 11.5. The molecule has 2 aromatic rings. The summed E-state index contributed by atoms with van der Waals surface area (Å²) in [7, 11) is -3.49. The molecule has 6 heteroatoms. The van der Waals surface area contributed by atoms with E-state index in [1.54, 1.807) is 24.3 Å². The lowest BCUT2D eigenvalue weighted by molar-refractivity contribution is 0.601. The average molecular weight is 250 g/mol. The van der Waals surface area contributed by atoms with Crippen molar-refractivity contribution in [3.05, 3.63) is 46.8 Å². The van der Waals surface area contributed by atoms with Crippen molar-refractivity contribution < 1.29 is 8.42 Å². The van der Waals surface area contributed by atoms with E-state index in [-0.39, 0.29) is 10.6 Å². The van der Waals surface area contributed by atoms with E-state index in [2.05, 4.69) is 10.2 Å². The van der Waals surface area contributed by atoms with Crippen LogP contribution in [0.3, 0.4) is 0 Å². The summed E-state index contributed by atoms with van der Waals surface area (Å²) in [6, 6.07) is 9.87. The minimum absolute atomic E-state index is 0.0625. The summed E-state index contributed by atoms with van der Waals surface area (Å²) in [4.78, 5) is 11.1. The van der Waals surface area contributed by atoms with Crippen molar-refractivity contribution >= 4 is 9.84 Å². The molecule has 0 radical (unpaired) electrons. The molecule has 2 rings (SSSR count). The Balaban J connectivity index is 2.76. The molecule has 0 amide bonds. The molecule has 0 fully saturated rings. The maximum absolute atomic E-state index is 11.6. The Morgan fingerprint density at radius 3 is 2.41 bits per heavy atom. The second-order valence-corrected chi connectivity index (χ2v) is 5.57. The topological polar surface area (TPSA) is 79.9 Å². The van der Waals surface area contributed by atoms with Gasteiger partial charge in [0.1, 0.15) is 10.6 Å². The highest BCUT2D eigenvalue weighted by atomic mass is 32.2. The minimum Gasteiger partial charge on any atom is -0.268 e. The zero-order valence-corrected chi connectivity index (χ0v) is 9.86. The lowest BCUT2D eigenvalue weighted by atomic mass is 10.1. The molecule has 0 aliphatic rings. The summed E-state index contributed by atoms with van der Waals surface area (Å²) in [5, 5.41) is 6.04. The molecule has 1 heterocycles. The van der Waals surface area contributed by atoms with Gasteiger partial charge in [0.2, 0.25) is 0 Å². The molecule has 0 atom stereocenters. The number of hydrogen-bond donors (Lipinski definition) is 1. The molecule has 0 spiro atoms. The highest BCUT2D eigenvalue weighted by Crippen LogP contribution is 2.22. The van der Waals surface area contributed by atoms with Crippen molar-refractivity contribution in [1.29, 1.82) is 0 Å². The smallest absolute Gasteiger partial charge is 0.265 e. The molecule has 1 N–H and O–H groups in total. The number of aromatic nitrogens is 2. The molecule has 88 valence electrons. The Kier molecular flexibility index (Phi) is 2.81. The lowest BCUT2D eigenvalue weighted by Crippen LogP contribution is -2.13. The predicted molar refractivity (Wildman–Crippen MR) is 63.4 cm³/mol. The normalized spacial score (nSPS) is 11.4. The second-order valence-electron chi connectivity index (χ2n) is 3.58. The average Bonchev–Trinajstić information content (AvgIpc) is 2.29. The van der Waals surface area contributed by atoms with Gasteiger partial charge in [-0.3, -0.25) is 4.79 Å². The van der Waals surface area contributed by atoms with Crippen molar-refractivity contribution in [2.45, 2.75) is 4.90 Å². The number of H-pyrrole nitrogens is 1. The van der Waals surface area contributed by atoms with Crippen molar-refractivity contribution in [1.82, 2.24) is 10.2 Å². The third kappa shape index (κ3) is 2.42. The van der Waals surface area contributed by atoms with Crippen LogP contribution in [0.15, 0.2) is 46.1 Å². The Bertz CT molecular complexity index is 690. The molecule has 1 aromatic heterocycles. The highest BCUT2D eigenvalue weighted by molar-refractivity contribution is 7.90. The first-order chi connectivity index (χ1) is 7.98. The van der Waals surface area contributed by atoms with Gasteiger partial charge in [-0.05, 0) is 0 Å². The summed E-state index contributed by atoms with van der Waals surface area (Å²) in [5.74, 6) is 0. The largest absolute Gasteiger partial charge is 0.268 e. The van der Waals surface area contributed by atoms with Crippen molar-refractivity contribution in [3.63, 3.8) is 0 Å². The van der Waals surface area contributed by atoms with Gasteiger partial charge in [0.15, 0.2) is 9.84 Å². The monoisotopic (exact) mass is 250 g/mol. The first-order valence-corrected chi connectivity index (χ1v) is 6.73. The second kappa shape index (κ2) is 4.14. The Labute approximate surface area is 98.0 Å². The molecule has 0 saturated carbocycles. The number of aromatic amines is 1. The van der Waals surface area contributed by atoms with E-state index in [0.717, 1.165) is 12.3 Å². The van der Waals surface area contributed by atoms with Crippen LogP contribution in [0.5, 0.6) is 0 Å². The fourth-order valence-corrected chi connectivity index (χ4v) is 2.31. The molecule has 0 saturated heterocycles. The first-order valence-electron chi connectivity index (χ1n) is 4.84. The quantitative estimate of drug-likeness (QED) is 0.856. The molecular weight excluding hydrogens is 240 g/mol. The summed E-state index contributed by atoms with van der Waals surface area (Å²) >= 11 is 0. The minimum atomic E-state index is -3.49. The van der Waals surface area contributed by atoms with Gasteiger partial charge in [-0.15, -0.1) is 0 Å². The lowest BCUT2D eigenvalue weighted by Gasteiger charge is -2.05. The SMILES string of the molecule is CS(=O)(=O)c1cc(=O)[nH]nc1-c1ccccc1. The van der Waals surface area contributed by atoms with Crippen LogP contribution in [0.25, 0.3) is 11.3 Å². The third-order valence-electron chi connectivity index (χ3n) is 2.22. The molecule has 0 aliphatic heterocycles. The van der Waals surface area contributed by atoms with Crippen molar-refractivity contribution in [2.75, 3.05) is 6.26 Å². The zero-order valence-electron chi connectivity index (χ0n) is 9.04. The summed E-state index contributed by atoms with van der Waals surface area (Å²) in [6.45, 7) is 0. The van der Waals surface area contributed by atoms with E-state index in [1.807, 2.05) is 6.07 Å². The molecule has 17 heavy (non-hydrogen) atoms. The Morgan fingerprint density at radius 2 is 1.82 bits per heavy atom. The number of rotatable bonds is 2. The van der Waals surface area contributed by atoms with Crippen LogP contribution in [0, 0.1) is 0 Å². The zero-order chi connectivity index (χ0) is 12.5. The van der Waals surface area contributed by atoms with Crippen LogP contribution in [0.2, 0.25) is 0 Å². The van der Waals surface area contributed by atoms with Gasteiger partial charge in [0.05, 0.1) is 0 Å². The van der Waals surface area contributed by atoms with Gasteiger partial charge < -0.3 is 0 Å². The molecule has 0 bridgehead atoms. The Hall–Kier alpha value is -1.95. The van der Waals surface area contributed by atoms with Gasteiger partial charge in [-0.1, -0.05) is 30.3 Å².